The van der Waals surface area contributed by atoms with E-state index in [1.54, 1.807) is 7.11 Å². The molecule has 1 aromatic carbocycles. The van der Waals surface area contributed by atoms with Crippen molar-refractivity contribution in [3.63, 3.8) is 0 Å². The van der Waals surface area contributed by atoms with E-state index >= 15 is 0 Å². The van der Waals surface area contributed by atoms with Gasteiger partial charge >= 0.3 is 0 Å². The summed E-state index contributed by atoms with van der Waals surface area (Å²) >= 11 is 0. The second kappa shape index (κ2) is 7.46. The van der Waals surface area contributed by atoms with Crippen molar-refractivity contribution in [1.29, 1.82) is 0 Å². The summed E-state index contributed by atoms with van der Waals surface area (Å²) in [5.41, 5.74) is 3.73. The van der Waals surface area contributed by atoms with Crippen molar-refractivity contribution in [2.24, 2.45) is 5.92 Å². The second-order valence-electron chi connectivity index (χ2n) is 5.62. The topological polar surface area (TPSA) is 22.1 Å². The van der Waals surface area contributed by atoms with Gasteiger partial charge in [0.1, 0.15) is 5.75 Å². The number of aromatic nitrogens is 1. The van der Waals surface area contributed by atoms with Crippen molar-refractivity contribution in [2.75, 3.05) is 7.11 Å². The van der Waals surface area contributed by atoms with Crippen LogP contribution in [-0.4, -0.2) is 12.1 Å². The van der Waals surface area contributed by atoms with Gasteiger partial charge in [-0.25, -0.2) is 0 Å². The smallest absolute Gasteiger partial charge is 0.122 e. The van der Waals surface area contributed by atoms with Crippen LogP contribution in [0.15, 0.2) is 42.7 Å². The Morgan fingerprint density at radius 2 is 1.95 bits per heavy atom. The minimum absolute atomic E-state index is 0. The molecule has 112 valence electrons. The molecular formula is C18H22ClNO. The maximum Gasteiger partial charge on any atom is 0.122 e. The van der Waals surface area contributed by atoms with E-state index in [2.05, 4.69) is 29.2 Å². The summed E-state index contributed by atoms with van der Waals surface area (Å²) in [6.07, 6.45) is 10.4. The normalized spacial score (nSPS) is 14.7. The first-order valence-corrected chi connectivity index (χ1v) is 7.44. The van der Waals surface area contributed by atoms with Crippen molar-refractivity contribution < 1.29 is 4.74 Å². The molecule has 21 heavy (non-hydrogen) atoms. The fourth-order valence-corrected chi connectivity index (χ4v) is 3.18. The lowest BCUT2D eigenvalue weighted by atomic mass is 9.94. The van der Waals surface area contributed by atoms with Gasteiger partial charge in [0.15, 0.2) is 0 Å². The van der Waals surface area contributed by atoms with Crippen LogP contribution in [0.2, 0.25) is 0 Å². The minimum atomic E-state index is 0. The molecule has 1 aliphatic carbocycles. The molecule has 1 fully saturated rings. The summed E-state index contributed by atoms with van der Waals surface area (Å²) in [6.45, 7) is 0. The molecule has 2 nitrogen and oxygen atoms in total. The van der Waals surface area contributed by atoms with Crippen LogP contribution in [0, 0.1) is 5.92 Å². The fourth-order valence-electron chi connectivity index (χ4n) is 3.18. The van der Waals surface area contributed by atoms with Crippen LogP contribution in [-0.2, 0) is 6.42 Å². The highest BCUT2D eigenvalue weighted by molar-refractivity contribution is 5.85. The van der Waals surface area contributed by atoms with Gasteiger partial charge in [0.05, 0.1) is 7.11 Å². The van der Waals surface area contributed by atoms with Crippen LogP contribution >= 0.6 is 12.4 Å². The lowest BCUT2D eigenvalue weighted by Crippen LogP contribution is -2.01. The van der Waals surface area contributed by atoms with Gasteiger partial charge in [-0.15, -0.1) is 12.4 Å². The van der Waals surface area contributed by atoms with Crippen LogP contribution in [0.25, 0.3) is 11.1 Å². The minimum Gasteiger partial charge on any atom is -0.496 e. The summed E-state index contributed by atoms with van der Waals surface area (Å²) in [4.78, 5) is 4.21. The molecule has 3 heteroatoms. The van der Waals surface area contributed by atoms with Gasteiger partial charge in [-0.05, 0) is 41.7 Å². The predicted octanol–water partition coefficient (Wildman–Crippen LogP) is 4.91. The van der Waals surface area contributed by atoms with Crippen LogP contribution in [0.1, 0.15) is 31.2 Å². The second-order valence-corrected chi connectivity index (χ2v) is 5.62. The third-order valence-corrected chi connectivity index (χ3v) is 4.26. The Kier molecular flexibility index (Phi) is 5.63. The summed E-state index contributed by atoms with van der Waals surface area (Å²) in [6, 6.07) is 10.6. The lowest BCUT2D eigenvalue weighted by molar-refractivity contribution is 0.404. The third-order valence-electron chi connectivity index (χ3n) is 4.26. The number of benzene rings is 1. The average Bonchev–Trinajstić information content (AvgIpc) is 3.01. The van der Waals surface area contributed by atoms with E-state index < -0.39 is 0 Å². The number of pyridine rings is 1. The summed E-state index contributed by atoms with van der Waals surface area (Å²) < 4.78 is 5.53. The van der Waals surface area contributed by atoms with Gasteiger partial charge in [-0.3, -0.25) is 4.98 Å². The lowest BCUT2D eigenvalue weighted by Gasteiger charge is -2.14. The van der Waals surface area contributed by atoms with Gasteiger partial charge in [0.25, 0.3) is 0 Å². The van der Waals surface area contributed by atoms with E-state index in [1.165, 1.54) is 42.4 Å². The molecule has 0 aliphatic heterocycles. The molecule has 1 heterocycles. The number of hydrogen-bond donors (Lipinski definition) is 0. The van der Waals surface area contributed by atoms with Gasteiger partial charge in [-0.1, -0.05) is 37.8 Å². The zero-order chi connectivity index (χ0) is 13.8. The molecule has 2 aromatic rings. The molecule has 1 aromatic heterocycles. The first-order valence-electron chi connectivity index (χ1n) is 7.44. The third kappa shape index (κ3) is 3.76. The Morgan fingerprint density at radius 1 is 1.14 bits per heavy atom. The Balaban J connectivity index is 0.00000161. The number of hydrogen-bond acceptors (Lipinski definition) is 2. The number of methoxy groups -OCH3 is 1. The van der Waals surface area contributed by atoms with E-state index in [0.717, 1.165) is 18.1 Å². The monoisotopic (exact) mass is 303 g/mol. The van der Waals surface area contributed by atoms with E-state index in [0.29, 0.717) is 0 Å². The molecule has 1 aliphatic rings. The first kappa shape index (κ1) is 15.8. The summed E-state index contributed by atoms with van der Waals surface area (Å²) in [5, 5.41) is 0. The average molecular weight is 304 g/mol. The molecule has 1 saturated carbocycles. The van der Waals surface area contributed by atoms with Crippen LogP contribution in [0.4, 0.5) is 0 Å². The Bertz CT molecular complexity index is 565. The van der Waals surface area contributed by atoms with Crippen molar-refractivity contribution in [2.45, 2.75) is 32.1 Å². The van der Waals surface area contributed by atoms with Crippen molar-refractivity contribution in [3.8, 4) is 16.9 Å². The molecule has 0 saturated heterocycles. The molecule has 0 bridgehead atoms. The van der Waals surface area contributed by atoms with E-state index in [4.69, 9.17) is 4.74 Å². The molecule has 0 radical (unpaired) electrons. The first-order chi connectivity index (χ1) is 9.86. The highest BCUT2D eigenvalue weighted by Crippen LogP contribution is 2.33. The highest BCUT2D eigenvalue weighted by Gasteiger charge is 2.17. The van der Waals surface area contributed by atoms with Gasteiger partial charge < -0.3 is 4.74 Å². The maximum atomic E-state index is 5.53. The van der Waals surface area contributed by atoms with Crippen molar-refractivity contribution in [3.05, 3.63) is 48.3 Å². The quantitative estimate of drug-likeness (QED) is 0.800. The largest absolute Gasteiger partial charge is 0.496 e. The highest BCUT2D eigenvalue weighted by atomic mass is 35.5. The van der Waals surface area contributed by atoms with Crippen LogP contribution in [0.5, 0.6) is 5.75 Å². The SMILES string of the molecule is COc1ccc(-c2cccnc2)cc1CC1CCCC1.Cl. The predicted molar refractivity (Wildman–Crippen MR) is 89.1 cm³/mol. The molecule has 0 amide bonds. The maximum absolute atomic E-state index is 5.53. The molecule has 0 spiro atoms. The standard InChI is InChI=1S/C18H21NO.ClH/c1-20-18-9-8-15(16-7-4-10-19-13-16)12-17(18)11-14-5-2-3-6-14;/h4,7-10,12-14H,2-3,5-6,11H2,1H3;1H. The Labute approximate surface area is 133 Å². The zero-order valence-corrected chi connectivity index (χ0v) is 13.2. The van der Waals surface area contributed by atoms with Gasteiger partial charge in [0, 0.05) is 18.0 Å². The Morgan fingerprint density at radius 3 is 2.62 bits per heavy atom. The molecule has 0 N–H and O–H groups in total. The molecule has 0 unspecified atom stereocenters. The molecular weight excluding hydrogens is 282 g/mol. The molecule has 0 atom stereocenters. The van der Waals surface area contributed by atoms with Crippen LogP contribution < -0.4 is 4.74 Å². The van der Waals surface area contributed by atoms with E-state index in [1.807, 2.05) is 18.5 Å². The number of ether oxygens (including phenoxy) is 1. The summed E-state index contributed by atoms with van der Waals surface area (Å²) in [5.74, 6) is 1.84. The summed E-state index contributed by atoms with van der Waals surface area (Å²) in [7, 11) is 1.76. The van der Waals surface area contributed by atoms with E-state index in [-0.39, 0.29) is 12.4 Å². The van der Waals surface area contributed by atoms with E-state index in [9.17, 15) is 0 Å². The van der Waals surface area contributed by atoms with Crippen molar-refractivity contribution >= 4 is 12.4 Å². The number of halogens is 1. The fraction of sp³-hybridized carbons (Fsp3) is 0.389. The Hall–Kier alpha value is -1.54. The number of rotatable bonds is 4. The van der Waals surface area contributed by atoms with Crippen molar-refractivity contribution in [1.82, 2.24) is 4.98 Å². The van der Waals surface area contributed by atoms with Gasteiger partial charge in [-0.2, -0.15) is 0 Å². The van der Waals surface area contributed by atoms with Crippen LogP contribution in [0.3, 0.4) is 0 Å². The zero-order valence-electron chi connectivity index (χ0n) is 12.4. The molecule has 3 rings (SSSR count). The number of nitrogens with zero attached hydrogens (tertiary/aromatic N) is 1. The van der Waals surface area contributed by atoms with Gasteiger partial charge in [0.2, 0.25) is 0 Å².